The van der Waals surface area contributed by atoms with E-state index < -0.39 is 17.6 Å². The van der Waals surface area contributed by atoms with E-state index in [1.165, 1.54) is 0 Å². The first-order valence-corrected chi connectivity index (χ1v) is 9.53. The van der Waals surface area contributed by atoms with E-state index in [2.05, 4.69) is 6.58 Å². The van der Waals surface area contributed by atoms with Gasteiger partial charge in [0, 0.05) is 11.6 Å². The Labute approximate surface area is 170 Å². The molecule has 3 aromatic rings. The van der Waals surface area contributed by atoms with E-state index in [0.717, 1.165) is 11.1 Å². The largest absolute Gasteiger partial charge is 0.497 e. The van der Waals surface area contributed by atoms with Crippen LogP contribution < -0.4 is 9.64 Å². The van der Waals surface area contributed by atoms with Gasteiger partial charge in [0.25, 0.3) is 5.91 Å². The van der Waals surface area contributed by atoms with E-state index in [9.17, 15) is 9.90 Å². The van der Waals surface area contributed by atoms with E-state index >= 15 is 0 Å². The quantitative estimate of drug-likeness (QED) is 0.503. The smallest absolute Gasteiger partial charge is 0.263 e. The number of rotatable bonds is 6. The van der Waals surface area contributed by atoms with Crippen LogP contribution >= 0.6 is 0 Å². The Hall–Kier alpha value is -3.37. The van der Waals surface area contributed by atoms with E-state index in [1.807, 2.05) is 84.9 Å². The number of ether oxygens (including phenoxy) is 1. The topological polar surface area (TPSA) is 49.8 Å². The van der Waals surface area contributed by atoms with Gasteiger partial charge in [-0.25, -0.2) is 0 Å². The van der Waals surface area contributed by atoms with Crippen LogP contribution in [0, 0.1) is 0 Å². The minimum Gasteiger partial charge on any atom is -0.497 e. The van der Waals surface area contributed by atoms with Crippen molar-refractivity contribution in [3.05, 3.63) is 109 Å². The number of anilines is 1. The zero-order valence-corrected chi connectivity index (χ0v) is 16.2. The number of aliphatic hydroxyl groups is 1. The van der Waals surface area contributed by atoms with Crippen molar-refractivity contribution in [3.63, 3.8) is 0 Å². The lowest BCUT2D eigenvalue weighted by molar-refractivity contribution is -0.156. The summed E-state index contributed by atoms with van der Waals surface area (Å²) in [5.74, 6) is -0.164. The van der Waals surface area contributed by atoms with Gasteiger partial charge in [0.05, 0.1) is 7.11 Å². The highest BCUT2D eigenvalue weighted by Crippen LogP contribution is 2.53. The number of benzene rings is 3. The summed E-state index contributed by atoms with van der Waals surface area (Å²) in [5, 5.41) is 11.8. The molecule has 1 amide bonds. The summed E-state index contributed by atoms with van der Waals surface area (Å²) in [6, 6.07) is 25.9. The molecule has 0 unspecified atom stereocenters. The lowest BCUT2D eigenvalue weighted by Gasteiger charge is -2.55. The number of hydrogen-bond donors (Lipinski definition) is 1. The van der Waals surface area contributed by atoms with E-state index in [1.54, 1.807) is 18.1 Å². The van der Waals surface area contributed by atoms with Crippen molar-refractivity contribution < 1.29 is 14.6 Å². The molecule has 1 heterocycles. The van der Waals surface area contributed by atoms with Crippen LogP contribution in [0.25, 0.3) is 0 Å². The Morgan fingerprint density at radius 2 is 1.59 bits per heavy atom. The number of carbonyl (C=O) groups is 1. The van der Waals surface area contributed by atoms with E-state index in [0.29, 0.717) is 11.4 Å². The fourth-order valence-electron chi connectivity index (χ4n) is 4.14. The molecular formula is C25H23NO3. The summed E-state index contributed by atoms with van der Waals surface area (Å²) in [7, 11) is 1.60. The third-order valence-corrected chi connectivity index (χ3v) is 5.57. The molecule has 1 saturated heterocycles. The molecule has 0 radical (unpaired) electrons. The van der Waals surface area contributed by atoms with Crippen LogP contribution in [0.3, 0.4) is 0 Å². The molecule has 3 atom stereocenters. The van der Waals surface area contributed by atoms with Crippen molar-refractivity contribution in [1.82, 2.24) is 0 Å². The number of nitrogens with zero attached hydrogens (tertiary/aromatic N) is 1. The zero-order chi connectivity index (χ0) is 20.4. The van der Waals surface area contributed by atoms with Crippen LogP contribution in [0.2, 0.25) is 0 Å². The third kappa shape index (κ3) is 3.02. The van der Waals surface area contributed by atoms with Crippen molar-refractivity contribution in [2.75, 3.05) is 12.0 Å². The predicted octanol–water partition coefficient (Wildman–Crippen LogP) is 4.48. The summed E-state index contributed by atoms with van der Waals surface area (Å²) in [4.78, 5) is 15.0. The SMILES string of the molecule is C=C[C@H](c1ccccc1)[C@@]1(O)C(=O)N(c2ccc(OC)cc2)[C@@H]1c1ccccc1. The second-order valence-corrected chi connectivity index (χ2v) is 7.14. The van der Waals surface area contributed by atoms with Crippen LogP contribution in [-0.2, 0) is 4.79 Å². The third-order valence-electron chi connectivity index (χ3n) is 5.57. The van der Waals surface area contributed by atoms with Crippen molar-refractivity contribution >= 4 is 11.6 Å². The maximum Gasteiger partial charge on any atom is 0.263 e. The number of β-lactam (4-membered cyclic amide) rings is 1. The molecule has 1 aliphatic heterocycles. The second kappa shape index (κ2) is 7.57. The first-order chi connectivity index (χ1) is 14.1. The molecule has 1 fully saturated rings. The number of methoxy groups -OCH3 is 1. The summed E-state index contributed by atoms with van der Waals surface area (Å²) >= 11 is 0. The molecular weight excluding hydrogens is 362 g/mol. The normalized spacial score (nSPS) is 21.9. The maximum atomic E-state index is 13.4. The molecule has 1 N–H and O–H groups in total. The van der Waals surface area contributed by atoms with Gasteiger partial charge >= 0.3 is 0 Å². The van der Waals surface area contributed by atoms with Crippen LogP contribution in [-0.4, -0.2) is 23.7 Å². The molecule has 4 nitrogen and oxygen atoms in total. The highest BCUT2D eigenvalue weighted by molar-refractivity contribution is 6.09. The van der Waals surface area contributed by atoms with Gasteiger partial charge in [-0.3, -0.25) is 9.69 Å². The first-order valence-electron chi connectivity index (χ1n) is 9.53. The molecule has 0 aliphatic carbocycles. The van der Waals surface area contributed by atoms with Gasteiger partial charge in [0.2, 0.25) is 0 Å². The van der Waals surface area contributed by atoms with Gasteiger partial charge in [-0.1, -0.05) is 66.7 Å². The summed E-state index contributed by atoms with van der Waals surface area (Å²) in [6.07, 6.45) is 1.66. The maximum absolute atomic E-state index is 13.4. The summed E-state index contributed by atoms with van der Waals surface area (Å²) in [6.45, 7) is 3.92. The van der Waals surface area contributed by atoms with Gasteiger partial charge in [-0.2, -0.15) is 0 Å². The molecule has 4 rings (SSSR count). The molecule has 4 heteroatoms. The summed E-state index contributed by atoms with van der Waals surface area (Å²) in [5.41, 5.74) is 0.816. The van der Waals surface area contributed by atoms with Gasteiger partial charge in [-0.05, 0) is 35.4 Å². The average molecular weight is 385 g/mol. The lowest BCUT2D eigenvalue weighted by Crippen LogP contribution is -2.71. The highest BCUT2D eigenvalue weighted by Gasteiger charge is 2.64. The van der Waals surface area contributed by atoms with E-state index in [4.69, 9.17) is 4.74 Å². The number of amides is 1. The second-order valence-electron chi connectivity index (χ2n) is 7.14. The number of hydrogen-bond acceptors (Lipinski definition) is 3. The van der Waals surface area contributed by atoms with Crippen molar-refractivity contribution in [2.45, 2.75) is 17.6 Å². The standard InChI is InChI=1S/C25H23NO3/c1-3-22(18-10-6-4-7-11-18)25(28)23(19-12-8-5-9-13-19)26(24(25)27)20-14-16-21(29-2)17-15-20/h3-17,22-23,28H,1H2,2H3/t22-,23-,25+/m1/s1. The minimum absolute atomic E-state index is 0.342. The van der Waals surface area contributed by atoms with Gasteiger partial charge in [-0.15, -0.1) is 6.58 Å². The average Bonchev–Trinajstić information content (AvgIpc) is 2.78. The van der Waals surface area contributed by atoms with Crippen LogP contribution in [0.1, 0.15) is 23.1 Å². The monoisotopic (exact) mass is 385 g/mol. The Kier molecular flexibility index (Phi) is 4.95. The molecule has 0 saturated carbocycles. The van der Waals surface area contributed by atoms with Crippen molar-refractivity contribution in [2.24, 2.45) is 0 Å². The Morgan fingerprint density at radius 1 is 1.00 bits per heavy atom. The molecule has 0 aromatic heterocycles. The fraction of sp³-hybridized carbons (Fsp3) is 0.160. The molecule has 0 spiro atoms. The zero-order valence-electron chi connectivity index (χ0n) is 16.2. The van der Waals surface area contributed by atoms with Gasteiger partial charge in [0.15, 0.2) is 5.60 Å². The lowest BCUT2D eigenvalue weighted by atomic mass is 9.67. The van der Waals surface area contributed by atoms with Crippen LogP contribution in [0.15, 0.2) is 97.6 Å². The Morgan fingerprint density at radius 3 is 2.14 bits per heavy atom. The Balaban J connectivity index is 1.81. The van der Waals surface area contributed by atoms with Gasteiger partial charge in [0.1, 0.15) is 11.8 Å². The first kappa shape index (κ1) is 19.0. The molecule has 1 aliphatic rings. The highest BCUT2D eigenvalue weighted by atomic mass is 16.5. The summed E-state index contributed by atoms with van der Waals surface area (Å²) < 4.78 is 5.23. The molecule has 146 valence electrons. The fourth-order valence-corrected chi connectivity index (χ4v) is 4.14. The molecule has 0 bridgehead atoms. The van der Waals surface area contributed by atoms with Crippen LogP contribution in [0.4, 0.5) is 5.69 Å². The number of carbonyl (C=O) groups excluding carboxylic acids is 1. The van der Waals surface area contributed by atoms with Crippen molar-refractivity contribution in [3.8, 4) is 5.75 Å². The Bertz CT molecular complexity index is 1000. The predicted molar refractivity (Wildman–Crippen MR) is 114 cm³/mol. The minimum atomic E-state index is -1.62. The van der Waals surface area contributed by atoms with Crippen LogP contribution in [0.5, 0.6) is 5.75 Å². The van der Waals surface area contributed by atoms with E-state index in [-0.39, 0.29) is 5.91 Å². The van der Waals surface area contributed by atoms with Gasteiger partial charge < -0.3 is 9.84 Å². The van der Waals surface area contributed by atoms with Crippen molar-refractivity contribution in [1.29, 1.82) is 0 Å². The molecule has 3 aromatic carbocycles. The molecule has 29 heavy (non-hydrogen) atoms.